The Morgan fingerprint density at radius 1 is 0.960 bits per heavy atom. The second-order valence-electron chi connectivity index (χ2n) is 6.99. The van der Waals surface area contributed by atoms with E-state index in [1.54, 1.807) is 0 Å². The predicted octanol–water partition coefficient (Wildman–Crippen LogP) is 4.14. The van der Waals surface area contributed by atoms with E-state index in [1.807, 2.05) is 0 Å². The van der Waals surface area contributed by atoms with Crippen molar-refractivity contribution in [1.29, 1.82) is 0 Å². The summed E-state index contributed by atoms with van der Waals surface area (Å²) in [6.07, 6.45) is 8.32. The first-order valence-corrected chi connectivity index (χ1v) is 10.2. The summed E-state index contributed by atoms with van der Waals surface area (Å²) in [6, 6.07) is 0. The highest BCUT2D eigenvalue weighted by Crippen LogP contribution is 2.17. The van der Waals surface area contributed by atoms with Gasteiger partial charge in [-0.05, 0) is 25.2 Å². The Bertz CT molecular complexity index is 361. The Labute approximate surface area is 154 Å². The maximum Gasteiger partial charge on any atom is 0.307 e. The summed E-state index contributed by atoms with van der Waals surface area (Å²) in [6.45, 7) is 9.21. The Morgan fingerprint density at radius 2 is 1.60 bits per heavy atom. The Hall–Kier alpha value is -1.10. The first-order chi connectivity index (χ1) is 12.0. The molecule has 0 saturated heterocycles. The van der Waals surface area contributed by atoms with Crippen LogP contribution in [0.15, 0.2) is 0 Å². The SMILES string of the molecule is CCCCC(CC)CNC(=O)CCC(=O)OC(N)C(CC)CCCC. The van der Waals surface area contributed by atoms with E-state index in [4.69, 9.17) is 10.5 Å². The van der Waals surface area contributed by atoms with E-state index in [0.29, 0.717) is 12.5 Å². The molecular weight excluding hydrogens is 316 g/mol. The topological polar surface area (TPSA) is 81.4 Å². The largest absolute Gasteiger partial charge is 0.446 e. The van der Waals surface area contributed by atoms with Crippen molar-refractivity contribution in [3.8, 4) is 0 Å². The van der Waals surface area contributed by atoms with Crippen LogP contribution in [0, 0.1) is 11.8 Å². The standard InChI is InChI=1S/C20H40N2O3/c1-5-9-11-16(7-3)15-22-18(23)13-14-19(24)25-20(21)17(8-4)12-10-6-2/h16-17,20H,5-15,21H2,1-4H3,(H,22,23). The summed E-state index contributed by atoms with van der Waals surface area (Å²) in [4.78, 5) is 23.8. The van der Waals surface area contributed by atoms with Gasteiger partial charge in [0.1, 0.15) is 0 Å². The lowest BCUT2D eigenvalue weighted by atomic mass is 9.98. The highest BCUT2D eigenvalue weighted by atomic mass is 16.6. The molecule has 0 radical (unpaired) electrons. The summed E-state index contributed by atoms with van der Waals surface area (Å²) < 4.78 is 5.31. The molecule has 0 heterocycles. The zero-order valence-electron chi connectivity index (χ0n) is 16.8. The second kappa shape index (κ2) is 15.2. The maximum absolute atomic E-state index is 11.9. The second-order valence-corrected chi connectivity index (χ2v) is 6.99. The molecule has 0 bridgehead atoms. The number of carbonyl (C=O) groups is 2. The molecule has 148 valence electrons. The molecule has 0 aromatic rings. The molecule has 0 spiro atoms. The van der Waals surface area contributed by atoms with E-state index in [1.165, 1.54) is 12.8 Å². The van der Waals surface area contributed by atoms with Gasteiger partial charge in [-0.1, -0.05) is 59.8 Å². The molecule has 5 nitrogen and oxygen atoms in total. The Morgan fingerprint density at radius 3 is 2.16 bits per heavy atom. The van der Waals surface area contributed by atoms with Crippen LogP contribution >= 0.6 is 0 Å². The van der Waals surface area contributed by atoms with E-state index >= 15 is 0 Å². The molecule has 0 aromatic carbocycles. The van der Waals surface area contributed by atoms with Crippen LogP contribution in [0.25, 0.3) is 0 Å². The average Bonchev–Trinajstić information content (AvgIpc) is 2.60. The van der Waals surface area contributed by atoms with Crippen LogP contribution in [-0.2, 0) is 14.3 Å². The van der Waals surface area contributed by atoms with E-state index in [9.17, 15) is 9.59 Å². The van der Waals surface area contributed by atoms with E-state index in [-0.39, 0.29) is 30.6 Å². The van der Waals surface area contributed by atoms with Crippen molar-refractivity contribution in [2.24, 2.45) is 17.6 Å². The van der Waals surface area contributed by atoms with Crippen molar-refractivity contribution in [3.63, 3.8) is 0 Å². The number of nitrogens with two attached hydrogens (primary N) is 1. The van der Waals surface area contributed by atoms with Gasteiger partial charge in [0, 0.05) is 18.9 Å². The van der Waals surface area contributed by atoms with Crippen LogP contribution in [0.1, 0.15) is 91.9 Å². The summed E-state index contributed by atoms with van der Waals surface area (Å²) >= 11 is 0. The molecule has 3 unspecified atom stereocenters. The molecule has 0 saturated carbocycles. The highest BCUT2D eigenvalue weighted by molar-refractivity contribution is 5.81. The number of ether oxygens (including phenoxy) is 1. The molecular formula is C20H40N2O3. The molecule has 1 amide bonds. The Kier molecular flexibility index (Phi) is 14.5. The number of rotatable bonds is 15. The van der Waals surface area contributed by atoms with E-state index in [0.717, 1.165) is 38.5 Å². The van der Waals surface area contributed by atoms with Gasteiger partial charge in [0.15, 0.2) is 6.23 Å². The molecule has 0 aliphatic rings. The van der Waals surface area contributed by atoms with Crippen LogP contribution < -0.4 is 11.1 Å². The van der Waals surface area contributed by atoms with Crippen LogP contribution in [0.4, 0.5) is 0 Å². The van der Waals surface area contributed by atoms with Gasteiger partial charge in [-0.25, -0.2) is 0 Å². The lowest BCUT2D eigenvalue weighted by Crippen LogP contribution is -2.35. The smallest absolute Gasteiger partial charge is 0.307 e. The molecule has 0 rings (SSSR count). The first kappa shape index (κ1) is 23.9. The number of esters is 1. The van der Waals surface area contributed by atoms with Gasteiger partial charge in [0.2, 0.25) is 5.91 Å². The van der Waals surface area contributed by atoms with Crippen molar-refractivity contribution in [3.05, 3.63) is 0 Å². The third-order valence-electron chi connectivity index (χ3n) is 4.87. The van der Waals surface area contributed by atoms with Gasteiger partial charge in [-0.3, -0.25) is 15.3 Å². The van der Waals surface area contributed by atoms with Crippen molar-refractivity contribution in [2.45, 2.75) is 98.1 Å². The third-order valence-corrected chi connectivity index (χ3v) is 4.87. The molecule has 5 heteroatoms. The number of unbranched alkanes of at least 4 members (excludes halogenated alkanes) is 2. The minimum atomic E-state index is -0.564. The molecule has 0 aromatic heterocycles. The lowest BCUT2D eigenvalue weighted by molar-refractivity contribution is -0.152. The fourth-order valence-corrected chi connectivity index (χ4v) is 2.88. The fraction of sp³-hybridized carbons (Fsp3) is 0.900. The zero-order chi connectivity index (χ0) is 19.1. The summed E-state index contributed by atoms with van der Waals surface area (Å²) in [7, 11) is 0. The third kappa shape index (κ3) is 12.0. The van der Waals surface area contributed by atoms with Crippen LogP contribution in [-0.4, -0.2) is 24.6 Å². The van der Waals surface area contributed by atoms with Crippen LogP contribution in [0.5, 0.6) is 0 Å². The van der Waals surface area contributed by atoms with Crippen molar-refractivity contribution >= 4 is 11.9 Å². The molecule has 0 aliphatic heterocycles. The van der Waals surface area contributed by atoms with Gasteiger partial charge < -0.3 is 10.1 Å². The van der Waals surface area contributed by atoms with Gasteiger partial charge in [-0.2, -0.15) is 0 Å². The normalized spacial score (nSPS) is 14.6. The fourth-order valence-electron chi connectivity index (χ4n) is 2.88. The van der Waals surface area contributed by atoms with Crippen molar-refractivity contribution < 1.29 is 14.3 Å². The van der Waals surface area contributed by atoms with E-state index < -0.39 is 6.23 Å². The Balaban J connectivity index is 4.04. The number of carbonyl (C=O) groups excluding carboxylic acids is 2. The van der Waals surface area contributed by atoms with E-state index in [2.05, 4.69) is 33.0 Å². The van der Waals surface area contributed by atoms with Crippen molar-refractivity contribution in [1.82, 2.24) is 5.32 Å². The number of hydrogen-bond acceptors (Lipinski definition) is 4. The highest BCUT2D eigenvalue weighted by Gasteiger charge is 2.20. The van der Waals surface area contributed by atoms with Gasteiger partial charge in [0.25, 0.3) is 0 Å². The van der Waals surface area contributed by atoms with Gasteiger partial charge in [0.05, 0.1) is 6.42 Å². The summed E-state index contributed by atoms with van der Waals surface area (Å²) in [5.41, 5.74) is 6.00. The van der Waals surface area contributed by atoms with Crippen LogP contribution in [0.3, 0.4) is 0 Å². The number of hydrogen-bond donors (Lipinski definition) is 2. The predicted molar refractivity (Wildman–Crippen MR) is 103 cm³/mol. The minimum Gasteiger partial charge on any atom is -0.446 e. The molecule has 3 N–H and O–H groups in total. The molecule has 0 fully saturated rings. The van der Waals surface area contributed by atoms with Crippen LogP contribution in [0.2, 0.25) is 0 Å². The first-order valence-electron chi connectivity index (χ1n) is 10.2. The molecule has 0 aliphatic carbocycles. The summed E-state index contributed by atoms with van der Waals surface area (Å²) in [5.74, 6) is 0.254. The monoisotopic (exact) mass is 356 g/mol. The maximum atomic E-state index is 11.9. The number of amides is 1. The van der Waals surface area contributed by atoms with Crippen molar-refractivity contribution in [2.75, 3.05) is 6.54 Å². The minimum absolute atomic E-state index is 0.0847. The summed E-state index contributed by atoms with van der Waals surface area (Å²) in [5, 5.41) is 2.94. The quantitative estimate of drug-likeness (QED) is 0.341. The van der Waals surface area contributed by atoms with Gasteiger partial charge in [-0.15, -0.1) is 0 Å². The number of nitrogens with one attached hydrogen (secondary N) is 1. The molecule has 3 atom stereocenters. The van der Waals surface area contributed by atoms with Gasteiger partial charge >= 0.3 is 5.97 Å². The molecule has 25 heavy (non-hydrogen) atoms. The zero-order valence-corrected chi connectivity index (χ0v) is 16.8. The lowest BCUT2D eigenvalue weighted by Gasteiger charge is -2.22. The average molecular weight is 357 g/mol.